The Bertz CT molecular complexity index is 1210. The normalized spacial score (nSPS) is 10.2. The predicted molar refractivity (Wildman–Crippen MR) is 127 cm³/mol. The van der Waals surface area contributed by atoms with E-state index in [0.29, 0.717) is 40.2 Å². The number of carbonyl (C=O) groups excluding carboxylic acids is 1. The summed E-state index contributed by atoms with van der Waals surface area (Å²) < 4.78 is 10.5. The van der Waals surface area contributed by atoms with Crippen molar-refractivity contribution in [2.75, 3.05) is 30.2 Å². The van der Waals surface area contributed by atoms with E-state index in [2.05, 4.69) is 30.9 Å². The number of methoxy groups -OCH3 is 2. The molecular weight excluding hydrogens is 420 g/mol. The molecule has 2 heterocycles. The number of aromatic nitrogens is 3. The first-order valence-corrected chi connectivity index (χ1v) is 10.0. The molecule has 4 aromatic rings. The van der Waals surface area contributed by atoms with Crippen molar-refractivity contribution in [1.29, 1.82) is 0 Å². The summed E-state index contributed by atoms with van der Waals surface area (Å²) in [4.78, 5) is 25.3. The van der Waals surface area contributed by atoms with Crippen molar-refractivity contribution < 1.29 is 14.3 Å². The van der Waals surface area contributed by atoms with Gasteiger partial charge in [0, 0.05) is 35.3 Å². The molecule has 2 aromatic heterocycles. The summed E-state index contributed by atoms with van der Waals surface area (Å²) in [6.45, 7) is 0. The zero-order chi connectivity index (χ0) is 23.0. The van der Waals surface area contributed by atoms with E-state index in [-0.39, 0.29) is 5.91 Å². The number of hydrogen-bond donors (Lipinski definition) is 3. The van der Waals surface area contributed by atoms with Gasteiger partial charge in [-0.2, -0.15) is 0 Å². The first kappa shape index (κ1) is 21.6. The van der Waals surface area contributed by atoms with Crippen LogP contribution in [0, 0.1) is 0 Å². The lowest BCUT2D eigenvalue weighted by atomic mass is 10.1. The number of pyridine rings is 1. The first-order valence-electron chi connectivity index (χ1n) is 10.0. The van der Waals surface area contributed by atoms with Crippen LogP contribution in [0.5, 0.6) is 11.5 Å². The van der Waals surface area contributed by atoms with E-state index < -0.39 is 0 Å². The molecule has 2 aromatic carbocycles. The Balaban J connectivity index is 1.41. The molecule has 3 N–H and O–H groups in total. The molecule has 0 radical (unpaired) electrons. The molecule has 0 atom stereocenters. The molecule has 0 saturated carbocycles. The zero-order valence-corrected chi connectivity index (χ0v) is 18.1. The largest absolute Gasteiger partial charge is 0.497 e. The number of amides is 1. The minimum Gasteiger partial charge on any atom is -0.497 e. The minimum atomic E-state index is -0.269. The van der Waals surface area contributed by atoms with Crippen LogP contribution in [0.15, 0.2) is 79.3 Å². The summed E-state index contributed by atoms with van der Waals surface area (Å²) in [5.74, 6) is 2.74. The fourth-order valence-corrected chi connectivity index (χ4v) is 2.99. The van der Waals surface area contributed by atoms with Gasteiger partial charge in [0.15, 0.2) is 0 Å². The Hall–Kier alpha value is -4.66. The van der Waals surface area contributed by atoms with Crippen molar-refractivity contribution in [3.63, 3.8) is 0 Å². The number of ether oxygens (including phenoxy) is 2. The van der Waals surface area contributed by atoms with E-state index in [0.717, 1.165) is 5.69 Å². The van der Waals surface area contributed by atoms with Crippen molar-refractivity contribution in [3.05, 3.63) is 84.8 Å². The van der Waals surface area contributed by atoms with Gasteiger partial charge < -0.3 is 25.4 Å². The van der Waals surface area contributed by atoms with Crippen molar-refractivity contribution in [3.8, 4) is 11.5 Å². The molecule has 0 spiro atoms. The fourth-order valence-electron chi connectivity index (χ4n) is 2.99. The molecule has 0 aliphatic carbocycles. The summed E-state index contributed by atoms with van der Waals surface area (Å²) in [7, 11) is 3.08. The van der Waals surface area contributed by atoms with Gasteiger partial charge in [-0.3, -0.25) is 4.79 Å². The van der Waals surface area contributed by atoms with Crippen LogP contribution in [0.1, 0.15) is 10.4 Å². The number of rotatable bonds is 8. The monoisotopic (exact) mass is 442 g/mol. The van der Waals surface area contributed by atoms with Crippen LogP contribution in [-0.4, -0.2) is 35.1 Å². The second-order valence-corrected chi connectivity index (χ2v) is 6.89. The highest BCUT2D eigenvalue weighted by molar-refractivity contribution is 6.04. The SMILES string of the molecule is COc1cc(OC)cc(C(=O)Nc2ccc(Nc3cc(Nc4ccccn4)ncn3)cc2)c1. The Kier molecular flexibility index (Phi) is 6.60. The topological polar surface area (TPSA) is 110 Å². The lowest BCUT2D eigenvalue weighted by Gasteiger charge is -2.11. The Labute approximate surface area is 190 Å². The van der Waals surface area contributed by atoms with Gasteiger partial charge in [0.1, 0.15) is 35.3 Å². The van der Waals surface area contributed by atoms with Crippen LogP contribution in [0.4, 0.5) is 28.8 Å². The second kappa shape index (κ2) is 10.1. The number of anilines is 5. The van der Waals surface area contributed by atoms with Crippen LogP contribution in [0.2, 0.25) is 0 Å². The van der Waals surface area contributed by atoms with Gasteiger partial charge in [-0.1, -0.05) is 6.07 Å². The van der Waals surface area contributed by atoms with Gasteiger partial charge >= 0.3 is 0 Å². The fraction of sp³-hybridized carbons (Fsp3) is 0.0833. The highest BCUT2D eigenvalue weighted by Gasteiger charge is 2.10. The lowest BCUT2D eigenvalue weighted by molar-refractivity contribution is 0.102. The highest BCUT2D eigenvalue weighted by atomic mass is 16.5. The van der Waals surface area contributed by atoms with Gasteiger partial charge in [-0.05, 0) is 48.5 Å². The van der Waals surface area contributed by atoms with Gasteiger partial charge in [0.2, 0.25) is 0 Å². The maximum atomic E-state index is 12.6. The van der Waals surface area contributed by atoms with E-state index >= 15 is 0 Å². The van der Waals surface area contributed by atoms with E-state index in [1.807, 2.05) is 30.3 Å². The Morgan fingerprint density at radius 2 is 1.39 bits per heavy atom. The third-order valence-corrected chi connectivity index (χ3v) is 4.62. The standard InChI is InChI=1S/C24H22N6O3/c1-32-19-11-16(12-20(13-19)33-2)24(31)29-18-8-6-17(7-9-18)28-22-14-23(27-15-26-22)30-21-5-3-4-10-25-21/h3-15H,1-2H3,(H,29,31)(H2,25,26,27,28,30). The molecule has 0 saturated heterocycles. The van der Waals surface area contributed by atoms with E-state index in [1.54, 1.807) is 42.6 Å². The highest BCUT2D eigenvalue weighted by Crippen LogP contribution is 2.24. The molecule has 166 valence electrons. The number of benzene rings is 2. The summed E-state index contributed by atoms with van der Waals surface area (Å²) in [6.07, 6.45) is 3.17. The van der Waals surface area contributed by atoms with Crippen molar-refractivity contribution in [2.24, 2.45) is 0 Å². The zero-order valence-electron chi connectivity index (χ0n) is 18.1. The molecule has 0 unspecified atom stereocenters. The molecule has 0 aliphatic heterocycles. The molecule has 0 fully saturated rings. The molecule has 1 amide bonds. The number of carbonyl (C=O) groups is 1. The van der Waals surface area contributed by atoms with Crippen LogP contribution < -0.4 is 25.4 Å². The molecule has 4 rings (SSSR count). The summed E-state index contributed by atoms with van der Waals surface area (Å²) in [5, 5.41) is 9.21. The summed E-state index contributed by atoms with van der Waals surface area (Å²) in [6, 6.07) is 19.7. The minimum absolute atomic E-state index is 0.269. The first-order chi connectivity index (χ1) is 16.1. The molecule has 9 nitrogen and oxygen atoms in total. The average Bonchev–Trinajstić information content (AvgIpc) is 2.85. The van der Waals surface area contributed by atoms with Crippen molar-refractivity contribution in [1.82, 2.24) is 15.0 Å². The van der Waals surface area contributed by atoms with Gasteiger partial charge in [-0.25, -0.2) is 15.0 Å². The Morgan fingerprint density at radius 1 is 0.727 bits per heavy atom. The molecular formula is C24H22N6O3. The van der Waals surface area contributed by atoms with Crippen molar-refractivity contribution in [2.45, 2.75) is 0 Å². The molecule has 9 heteroatoms. The van der Waals surface area contributed by atoms with Gasteiger partial charge in [0.25, 0.3) is 5.91 Å². The van der Waals surface area contributed by atoms with Gasteiger partial charge in [-0.15, -0.1) is 0 Å². The third kappa shape index (κ3) is 5.73. The maximum absolute atomic E-state index is 12.6. The van der Waals surface area contributed by atoms with E-state index in [9.17, 15) is 4.79 Å². The van der Waals surface area contributed by atoms with E-state index in [4.69, 9.17) is 9.47 Å². The van der Waals surface area contributed by atoms with Crippen molar-refractivity contribution >= 4 is 34.7 Å². The average molecular weight is 442 g/mol. The second-order valence-electron chi connectivity index (χ2n) is 6.89. The summed E-state index contributed by atoms with van der Waals surface area (Å²) in [5.41, 5.74) is 1.88. The number of hydrogen-bond acceptors (Lipinski definition) is 8. The Morgan fingerprint density at radius 3 is 2.03 bits per heavy atom. The van der Waals surface area contributed by atoms with Crippen LogP contribution in [-0.2, 0) is 0 Å². The van der Waals surface area contributed by atoms with Crippen LogP contribution in [0.3, 0.4) is 0 Å². The maximum Gasteiger partial charge on any atom is 0.255 e. The third-order valence-electron chi connectivity index (χ3n) is 4.62. The van der Waals surface area contributed by atoms with Crippen LogP contribution >= 0.6 is 0 Å². The predicted octanol–water partition coefficient (Wildman–Crippen LogP) is 4.63. The number of nitrogens with zero attached hydrogens (tertiary/aromatic N) is 3. The van der Waals surface area contributed by atoms with Crippen LogP contribution in [0.25, 0.3) is 0 Å². The smallest absolute Gasteiger partial charge is 0.255 e. The quantitative estimate of drug-likeness (QED) is 0.362. The lowest BCUT2D eigenvalue weighted by Crippen LogP contribution is -2.12. The summed E-state index contributed by atoms with van der Waals surface area (Å²) >= 11 is 0. The van der Waals surface area contributed by atoms with E-state index in [1.165, 1.54) is 20.5 Å². The molecule has 0 aliphatic rings. The number of nitrogens with one attached hydrogen (secondary N) is 3. The molecule has 33 heavy (non-hydrogen) atoms. The van der Waals surface area contributed by atoms with Gasteiger partial charge in [0.05, 0.1) is 14.2 Å². The molecule has 0 bridgehead atoms.